The van der Waals surface area contributed by atoms with Gasteiger partial charge in [-0.2, -0.15) is 0 Å². The van der Waals surface area contributed by atoms with Crippen molar-refractivity contribution in [2.24, 2.45) is 11.3 Å². The van der Waals surface area contributed by atoms with Gasteiger partial charge in [0, 0.05) is 6.42 Å². The predicted molar refractivity (Wildman–Crippen MR) is 127 cm³/mol. The fourth-order valence-electron chi connectivity index (χ4n) is 4.52. The maximum absolute atomic E-state index is 6.31. The van der Waals surface area contributed by atoms with Crippen LogP contribution < -0.4 is 0 Å². The monoisotopic (exact) mass is 400 g/mol. The molecule has 2 aliphatic rings. The summed E-state index contributed by atoms with van der Waals surface area (Å²) in [6.45, 7) is 17.9. The molecule has 0 aromatic heterocycles. The Hall–Kier alpha value is -1.02. The lowest BCUT2D eigenvalue weighted by atomic mass is 9.76. The minimum absolute atomic E-state index is 0.311. The van der Waals surface area contributed by atoms with E-state index in [0.29, 0.717) is 5.41 Å². The van der Waals surface area contributed by atoms with Crippen molar-refractivity contribution in [1.82, 2.24) is 0 Å². The summed E-state index contributed by atoms with van der Waals surface area (Å²) in [4.78, 5) is 0. The largest absolute Gasteiger partial charge is 0.548 e. The van der Waals surface area contributed by atoms with Gasteiger partial charge in [0.05, 0.1) is 5.76 Å². The van der Waals surface area contributed by atoms with Crippen molar-refractivity contribution in [3.05, 3.63) is 47.3 Å². The van der Waals surface area contributed by atoms with E-state index in [0.717, 1.165) is 12.3 Å². The first-order valence-corrected chi connectivity index (χ1v) is 14.9. The molecule has 2 aliphatic carbocycles. The van der Waals surface area contributed by atoms with Crippen LogP contribution in [0.25, 0.3) is 0 Å². The van der Waals surface area contributed by atoms with Crippen LogP contribution in [-0.4, -0.2) is 8.32 Å². The van der Waals surface area contributed by atoms with Crippen molar-refractivity contribution in [1.29, 1.82) is 0 Å². The van der Waals surface area contributed by atoms with Crippen molar-refractivity contribution in [2.45, 2.75) is 105 Å². The van der Waals surface area contributed by atoms with Gasteiger partial charge in [-0.05, 0) is 109 Å². The number of hydrogen-bond acceptors (Lipinski definition) is 1. The Bertz CT molecular complexity index is 631. The predicted octanol–water partition coefficient (Wildman–Crippen LogP) is 8.72. The van der Waals surface area contributed by atoms with E-state index in [9.17, 15) is 0 Å². The average molecular weight is 401 g/mol. The molecule has 0 aromatic rings. The lowest BCUT2D eigenvalue weighted by Gasteiger charge is -2.34. The van der Waals surface area contributed by atoms with E-state index < -0.39 is 8.32 Å². The third kappa shape index (κ3) is 8.15. The molecule has 0 heterocycles. The summed E-state index contributed by atoms with van der Waals surface area (Å²) in [5.74, 6) is 1.99. The average Bonchev–Trinajstić information content (AvgIpc) is 2.59. The minimum Gasteiger partial charge on any atom is -0.548 e. The molecule has 1 nitrogen and oxygen atoms in total. The maximum Gasteiger partial charge on any atom is 0.241 e. The molecule has 2 rings (SSSR count). The summed E-state index contributed by atoms with van der Waals surface area (Å²) in [5, 5.41) is 0. The topological polar surface area (TPSA) is 9.23 Å². The molecule has 0 N–H and O–H groups in total. The summed E-state index contributed by atoms with van der Waals surface area (Å²) >= 11 is 0. The smallest absolute Gasteiger partial charge is 0.241 e. The van der Waals surface area contributed by atoms with Crippen molar-refractivity contribution in [3.63, 3.8) is 0 Å². The highest BCUT2D eigenvalue weighted by Crippen LogP contribution is 2.39. The second kappa shape index (κ2) is 10.1. The fraction of sp³-hybridized carbons (Fsp3) is 0.692. The molecule has 0 saturated heterocycles. The first-order valence-electron chi connectivity index (χ1n) is 11.5. The molecule has 0 spiro atoms. The fourth-order valence-corrected chi connectivity index (χ4v) is 5.47. The van der Waals surface area contributed by atoms with Crippen LogP contribution in [0, 0.1) is 11.3 Å². The standard InChI is InChI=1S/C26H44OSi/c1-21(2)24-15-13-23(14-16-24)11-8-10-22(3)17-19-26(4)18-9-12-25(20-26)27-28(5,6)7/h10,13,20,24H,1,8-9,11-12,14-19H2,2-7H3/b22-10+. The van der Waals surface area contributed by atoms with Gasteiger partial charge in [0.15, 0.2) is 0 Å². The van der Waals surface area contributed by atoms with E-state index in [1.54, 1.807) is 11.1 Å². The molecule has 158 valence electrons. The van der Waals surface area contributed by atoms with Gasteiger partial charge in [-0.1, -0.05) is 42.4 Å². The molecule has 0 fully saturated rings. The van der Waals surface area contributed by atoms with Crippen LogP contribution in [0.1, 0.15) is 85.0 Å². The Morgan fingerprint density at radius 3 is 2.64 bits per heavy atom. The lowest BCUT2D eigenvalue weighted by Crippen LogP contribution is -2.28. The molecule has 0 aliphatic heterocycles. The SMILES string of the molecule is C=C(C)C1CC=C(CC/C=C(\C)CCC2(C)C=C(O[Si](C)(C)C)CCC2)CC1. The van der Waals surface area contributed by atoms with Gasteiger partial charge < -0.3 is 4.43 Å². The molecule has 0 amide bonds. The van der Waals surface area contributed by atoms with Crippen molar-refractivity contribution >= 4 is 8.32 Å². The van der Waals surface area contributed by atoms with E-state index >= 15 is 0 Å². The van der Waals surface area contributed by atoms with E-state index in [2.05, 4.69) is 65.2 Å². The van der Waals surface area contributed by atoms with Gasteiger partial charge >= 0.3 is 0 Å². The Morgan fingerprint density at radius 1 is 1.29 bits per heavy atom. The Balaban J connectivity index is 1.79. The molecular formula is C26H44OSi. The second-order valence-electron chi connectivity index (χ2n) is 10.6. The van der Waals surface area contributed by atoms with Crippen LogP contribution in [0.2, 0.25) is 19.6 Å². The van der Waals surface area contributed by atoms with E-state index in [4.69, 9.17) is 4.43 Å². The molecule has 28 heavy (non-hydrogen) atoms. The summed E-state index contributed by atoms with van der Waals surface area (Å²) < 4.78 is 6.31. The zero-order valence-corrected chi connectivity index (χ0v) is 20.5. The third-order valence-corrected chi connectivity index (χ3v) is 7.24. The molecule has 2 heteroatoms. The number of hydrogen-bond donors (Lipinski definition) is 0. The van der Waals surface area contributed by atoms with Crippen molar-refractivity contribution in [2.75, 3.05) is 0 Å². The van der Waals surface area contributed by atoms with E-state index in [1.807, 2.05) is 0 Å². The summed E-state index contributed by atoms with van der Waals surface area (Å²) in [6.07, 6.45) is 19.8. The zero-order chi connectivity index (χ0) is 20.8. The van der Waals surface area contributed by atoms with E-state index in [1.165, 1.54) is 69.1 Å². The number of allylic oxidation sites excluding steroid dienone is 7. The summed E-state index contributed by atoms with van der Waals surface area (Å²) in [6, 6.07) is 0. The van der Waals surface area contributed by atoms with Gasteiger partial charge in [0.2, 0.25) is 8.32 Å². The quantitative estimate of drug-likeness (QED) is 0.278. The molecule has 0 saturated carbocycles. The zero-order valence-electron chi connectivity index (χ0n) is 19.5. The van der Waals surface area contributed by atoms with Crippen LogP contribution in [0.15, 0.2) is 47.3 Å². The number of rotatable bonds is 9. The highest BCUT2D eigenvalue weighted by atomic mass is 28.4. The Labute approximate surface area is 176 Å². The first-order chi connectivity index (χ1) is 13.1. The molecule has 0 aromatic carbocycles. The molecule has 2 unspecified atom stereocenters. The normalized spacial score (nSPS) is 26.5. The lowest BCUT2D eigenvalue weighted by molar-refractivity contribution is 0.282. The van der Waals surface area contributed by atoms with Gasteiger partial charge in [-0.15, -0.1) is 0 Å². The first kappa shape index (κ1) is 23.3. The summed E-state index contributed by atoms with van der Waals surface area (Å²) in [5.41, 5.74) is 4.89. The summed E-state index contributed by atoms with van der Waals surface area (Å²) in [7, 11) is -1.49. The van der Waals surface area contributed by atoms with Gasteiger partial charge in [-0.3, -0.25) is 0 Å². The minimum atomic E-state index is -1.49. The highest BCUT2D eigenvalue weighted by Gasteiger charge is 2.28. The Kier molecular flexibility index (Phi) is 8.42. The van der Waals surface area contributed by atoms with Gasteiger partial charge in [0.25, 0.3) is 0 Å². The van der Waals surface area contributed by atoms with Crippen molar-refractivity contribution in [3.8, 4) is 0 Å². The van der Waals surface area contributed by atoms with Crippen LogP contribution in [0.3, 0.4) is 0 Å². The molecular weight excluding hydrogens is 356 g/mol. The molecule has 0 bridgehead atoms. The molecule has 0 radical (unpaired) electrons. The van der Waals surface area contributed by atoms with Crippen LogP contribution in [0.5, 0.6) is 0 Å². The van der Waals surface area contributed by atoms with Crippen LogP contribution in [-0.2, 0) is 4.43 Å². The third-order valence-electron chi connectivity index (χ3n) is 6.37. The second-order valence-corrected chi connectivity index (χ2v) is 15.0. The van der Waals surface area contributed by atoms with Crippen LogP contribution >= 0.6 is 0 Å². The van der Waals surface area contributed by atoms with Crippen molar-refractivity contribution < 1.29 is 4.43 Å². The maximum atomic E-state index is 6.31. The van der Waals surface area contributed by atoms with Gasteiger partial charge in [-0.25, -0.2) is 0 Å². The van der Waals surface area contributed by atoms with Gasteiger partial charge in [0.1, 0.15) is 0 Å². The Morgan fingerprint density at radius 2 is 2.04 bits per heavy atom. The van der Waals surface area contributed by atoms with Crippen LogP contribution in [0.4, 0.5) is 0 Å². The molecule has 2 atom stereocenters. The highest BCUT2D eigenvalue weighted by molar-refractivity contribution is 6.70. The van der Waals surface area contributed by atoms with E-state index in [-0.39, 0.29) is 0 Å².